The van der Waals surface area contributed by atoms with Crippen molar-refractivity contribution >= 4 is 17.3 Å². The Morgan fingerprint density at radius 3 is 2.39 bits per heavy atom. The molecule has 1 nitrogen and oxygen atoms in total. The quantitative estimate of drug-likeness (QED) is 0.825. The minimum absolute atomic E-state index is 0.000000000000000444. The van der Waals surface area contributed by atoms with Crippen molar-refractivity contribution in [1.82, 2.24) is 0 Å². The normalized spacial score (nSPS) is 12.2. The smallest absolute Gasteiger partial charge is 0.147 e. The highest BCUT2D eigenvalue weighted by molar-refractivity contribution is 6.33. The maximum atomic E-state index is 13.6. The fraction of sp³-hybridized carbons (Fsp3) is 0.200. The summed E-state index contributed by atoms with van der Waals surface area (Å²) in [7, 11) is 0. The van der Waals surface area contributed by atoms with Gasteiger partial charge in [-0.3, -0.25) is 0 Å². The van der Waals surface area contributed by atoms with Gasteiger partial charge in [0, 0.05) is 6.04 Å². The summed E-state index contributed by atoms with van der Waals surface area (Å²) >= 11 is 5.98. The van der Waals surface area contributed by atoms with E-state index in [0.29, 0.717) is 10.7 Å². The molecule has 2 aromatic carbocycles. The van der Waals surface area contributed by atoms with E-state index >= 15 is 0 Å². The van der Waals surface area contributed by atoms with Crippen LogP contribution in [-0.2, 0) is 0 Å². The minimum atomic E-state index is -0.332. The molecule has 1 N–H and O–H groups in total. The van der Waals surface area contributed by atoms with Gasteiger partial charge < -0.3 is 5.32 Å². The van der Waals surface area contributed by atoms with E-state index in [9.17, 15) is 4.39 Å². The van der Waals surface area contributed by atoms with Crippen LogP contribution >= 0.6 is 11.6 Å². The average molecular weight is 264 g/mol. The Hall–Kier alpha value is -1.54. The highest BCUT2D eigenvalue weighted by Gasteiger charge is 2.11. The van der Waals surface area contributed by atoms with E-state index in [4.69, 9.17) is 11.6 Å². The predicted octanol–water partition coefficient (Wildman–Crippen LogP) is 4.96. The van der Waals surface area contributed by atoms with Gasteiger partial charge in [-0.2, -0.15) is 0 Å². The van der Waals surface area contributed by atoms with Gasteiger partial charge in [-0.05, 0) is 31.5 Å². The molecule has 0 aliphatic heterocycles. The topological polar surface area (TPSA) is 12.0 Å². The number of nitrogens with one attached hydrogen (secondary N) is 1. The van der Waals surface area contributed by atoms with E-state index < -0.39 is 0 Å². The molecule has 2 aromatic rings. The summed E-state index contributed by atoms with van der Waals surface area (Å²) in [6.45, 7) is 4.02. The van der Waals surface area contributed by atoms with Crippen LogP contribution in [0, 0.1) is 12.7 Å². The van der Waals surface area contributed by atoms with E-state index in [1.807, 2.05) is 38.1 Å². The largest absolute Gasteiger partial charge is 0.375 e. The molecule has 0 aromatic heterocycles. The molecule has 1 unspecified atom stereocenters. The average Bonchev–Trinajstić information content (AvgIpc) is 2.34. The predicted molar refractivity (Wildman–Crippen MR) is 74.6 cm³/mol. The molecule has 0 heterocycles. The second-order valence-corrected chi connectivity index (χ2v) is 4.78. The molecule has 0 amide bonds. The van der Waals surface area contributed by atoms with Crippen LogP contribution in [0.2, 0.25) is 5.02 Å². The van der Waals surface area contributed by atoms with Gasteiger partial charge in [0.1, 0.15) is 5.82 Å². The van der Waals surface area contributed by atoms with E-state index in [1.54, 1.807) is 12.1 Å². The van der Waals surface area contributed by atoms with Crippen LogP contribution in [0.4, 0.5) is 10.1 Å². The first-order chi connectivity index (χ1) is 8.58. The Balaban J connectivity index is 2.21. The number of benzene rings is 2. The maximum Gasteiger partial charge on any atom is 0.147 e. The monoisotopic (exact) mass is 263 g/mol. The van der Waals surface area contributed by atoms with Crippen LogP contribution in [0.1, 0.15) is 24.1 Å². The summed E-state index contributed by atoms with van der Waals surface area (Å²) in [5.41, 5.74) is 2.65. The SMILES string of the molecule is Cc1ccc(C(C)Nc2c(F)cccc2Cl)cc1. The van der Waals surface area contributed by atoms with Gasteiger partial charge in [0.2, 0.25) is 0 Å². The highest BCUT2D eigenvalue weighted by Crippen LogP contribution is 2.28. The van der Waals surface area contributed by atoms with Crippen LogP contribution in [0.3, 0.4) is 0 Å². The van der Waals surface area contributed by atoms with Crippen molar-refractivity contribution in [1.29, 1.82) is 0 Å². The Labute approximate surface area is 112 Å². The Morgan fingerprint density at radius 1 is 1.11 bits per heavy atom. The summed E-state index contributed by atoms with van der Waals surface area (Å²) in [6.07, 6.45) is 0. The molecular formula is C15H15ClFN. The number of rotatable bonds is 3. The van der Waals surface area contributed by atoms with Crippen molar-refractivity contribution in [2.75, 3.05) is 5.32 Å². The van der Waals surface area contributed by atoms with Crippen molar-refractivity contribution in [2.24, 2.45) is 0 Å². The third-order valence-electron chi connectivity index (χ3n) is 2.90. The Bertz CT molecular complexity index is 516. The van der Waals surface area contributed by atoms with Crippen LogP contribution < -0.4 is 5.32 Å². The van der Waals surface area contributed by atoms with E-state index in [2.05, 4.69) is 5.32 Å². The zero-order valence-corrected chi connectivity index (χ0v) is 11.1. The standard InChI is InChI=1S/C15H15ClFN/c1-10-6-8-12(9-7-10)11(2)18-15-13(16)4-3-5-14(15)17/h3-9,11,18H,1-2H3. The Kier molecular flexibility index (Phi) is 3.87. The number of para-hydroxylation sites is 1. The van der Waals surface area contributed by atoms with Crippen molar-refractivity contribution in [3.05, 3.63) is 64.4 Å². The summed E-state index contributed by atoms with van der Waals surface area (Å²) in [5.74, 6) is -0.332. The Morgan fingerprint density at radius 2 is 1.78 bits per heavy atom. The fourth-order valence-corrected chi connectivity index (χ4v) is 2.01. The molecule has 3 heteroatoms. The maximum absolute atomic E-state index is 13.6. The molecule has 0 saturated heterocycles. The van der Waals surface area contributed by atoms with Gasteiger partial charge in [-0.15, -0.1) is 0 Å². The first kappa shape index (κ1) is 12.9. The van der Waals surface area contributed by atoms with Gasteiger partial charge >= 0.3 is 0 Å². The molecule has 0 spiro atoms. The third-order valence-corrected chi connectivity index (χ3v) is 3.22. The lowest BCUT2D eigenvalue weighted by molar-refractivity contribution is 0.627. The van der Waals surface area contributed by atoms with Gasteiger partial charge in [0.05, 0.1) is 10.7 Å². The first-order valence-corrected chi connectivity index (χ1v) is 6.23. The lowest BCUT2D eigenvalue weighted by Gasteiger charge is -2.17. The summed E-state index contributed by atoms with van der Waals surface area (Å²) < 4.78 is 13.6. The summed E-state index contributed by atoms with van der Waals surface area (Å²) in [6, 6.07) is 12.8. The zero-order valence-electron chi connectivity index (χ0n) is 10.4. The van der Waals surface area contributed by atoms with Gasteiger partial charge in [0.25, 0.3) is 0 Å². The lowest BCUT2D eigenvalue weighted by atomic mass is 10.1. The fourth-order valence-electron chi connectivity index (χ4n) is 1.79. The third kappa shape index (κ3) is 2.82. The molecule has 18 heavy (non-hydrogen) atoms. The molecule has 0 radical (unpaired) electrons. The highest BCUT2D eigenvalue weighted by atomic mass is 35.5. The minimum Gasteiger partial charge on any atom is -0.375 e. The number of aryl methyl sites for hydroxylation is 1. The second-order valence-electron chi connectivity index (χ2n) is 4.37. The molecule has 2 rings (SSSR count). The molecule has 0 aliphatic rings. The number of hydrogen-bond donors (Lipinski definition) is 1. The van der Waals surface area contributed by atoms with Crippen molar-refractivity contribution < 1.29 is 4.39 Å². The van der Waals surface area contributed by atoms with Crippen LogP contribution in [0.25, 0.3) is 0 Å². The second kappa shape index (κ2) is 5.40. The van der Waals surface area contributed by atoms with Crippen LogP contribution in [0.15, 0.2) is 42.5 Å². The molecule has 94 valence electrons. The number of halogens is 2. The zero-order chi connectivity index (χ0) is 13.1. The summed E-state index contributed by atoms with van der Waals surface area (Å²) in [4.78, 5) is 0. The lowest BCUT2D eigenvalue weighted by Crippen LogP contribution is -2.08. The number of hydrogen-bond acceptors (Lipinski definition) is 1. The van der Waals surface area contributed by atoms with Crippen molar-refractivity contribution in [3.8, 4) is 0 Å². The van der Waals surface area contributed by atoms with E-state index in [1.165, 1.54) is 11.6 Å². The summed E-state index contributed by atoms with van der Waals surface area (Å²) in [5, 5.41) is 3.50. The van der Waals surface area contributed by atoms with Crippen LogP contribution in [-0.4, -0.2) is 0 Å². The molecule has 0 saturated carbocycles. The van der Waals surface area contributed by atoms with E-state index in [0.717, 1.165) is 5.56 Å². The first-order valence-electron chi connectivity index (χ1n) is 5.85. The van der Waals surface area contributed by atoms with Gasteiger partial charge in [0.15, 0.2) is 0 Å². The molecule has 0 fully saturated rings. The van der Waals surface area contributed by atoms with Gasteiger partial charge in [-0.1, -0.05) is 47.5 Å². The van der Waals surface area contributed by atoms with E-state index in [-0.39, 0.29) is 11.9 Å². The number of anilines is 1. The molecule has 1 atom stereocenters. The molecule has 0 bridgehead atoms. The van der Waals surface area contributed by atoms with Crippen molar-refractivity contribution in [3.63, 3.8) is 0 Å². The van der Waals surface area contributed by atoms with Crippen molar-refractivity contribution in [2.45, 2.75) is 19.9 Å². The van der Waals surface area contributed by atoms with Gasteiger partial charge in [-0.25, -0.2) is 4.39 Å². The van der Waals surface area contributed by atoms with Crippen LogP contribution in [0.5, 0.6) is 0 Å². The molecular weight excluding hydrogens is 249 g/mol. The molecule has 0 aliphatic carbocycles.